The molecule has 0 fully saturated rings. The molecule has 110 valence electrons. The van der Waals surface area contributed by atoms with Crippen LogP contribution in [0.2, 0.25) is 0 Å². The molecular formula is C15H21FN2OS. The van der Waals surface area contributed by atoms with Crippen molar-refractivity contribution >= 4 is 23.1 Å². The van der Waals surface area contributed by atoms with Gasteiger partial charge in [-0.15, -0.1) is 0 Å². The van der Waals surface area contributed by atoms with E-state index in [1.807, 2.05) is 13.8 Å². The van der Waals surface area contributed by atoms with Crippen molar-refractivity contribution in [3.05, 3.63) is 35.1 Å². The molecule has 0 bridgehead atoms. The minimum atomic E-state index is -0.396. The molecule has 0 radical (unpaired) electrons. The maximum absolute atomic E-state index is 13.4. The summed E-state index contributed by atoms with van der Waals surface area (Å²) in [6.45, 7) is 6.87. The molecule has 3 nitrogen and oxygen atoms in total. The number of halogens is 1. The van der Waals surface area contributed by atoms with Gasteiger partial charge in [0.1, 0.15) is 5.82 Å². The Balaban J connectivity index is 2.93. The number of aryl methyl sites for hydroxylation is 1. The van der Waals surface area contributed by atoms with Crippen LogP contribution in [0.4, 0.5) is 4.39 Å². The van der Waals surface area contributed by atoms with Gasteiger partial charge in [0, 0.05) is 25.1 Å². The van der Waals surface area contributed by atoms with Gasteiger partial charge in [-0.25, -0.2) is 4.39 Å². The van der Waals surface area contributed by atoms with Crippen molar-refractivity contribution in [1.29, 1.82) is 0 Å². The van der Waals surface area contributed by atoms with Gasteiger partial charge in [0.05, 0.1) is 4.99 Å². The molecule has 20 heavy (non-hydrogen) atoms. The minimum Gasteiger partial charge on any atom is -0.393 e. The zero-order valence-electron chi connectivity index (χ0n) is 12.1. The number of carbonyl (C=O) groups is 1. The predicted octanol–water partition coefficient (Wildman–Crippen LogP) is 2.91. The number of thiocarbonyl (C=S) groups is 1. The molecule has 0 aliphatic heterocycles. The maximum Gasteiger partial charge on any atom is 0.253 e. The second kappa shape index (κ2) is 7.33. The average Bonchev–Trinajstić information content (AvgIpc) is 2.31. The van der Waals surface area contributed by atoms with Gasteiger partial charge >= 0.3 is 0 Å². The summed E-state index contributed by atoms with van der Waals surface area (Å²) in [7, 11) is 0. The second-order valence-electron chi connectivity index (χ2n) is 5.38. The number of hydrogen-bond acceptors (Lipinski definition) is 2. The quantitative estimate of drug-likeness (QED) is 0.821. The Morgan fingerprint density at radius 3 is 2.55 bits per heavy atom. The van der Waals surface area contributed by atoms with Crippen molar-refractivity contribution < 1.29 is 9.18 Å². The fourth-order valence-corrected chi connectivity index (χ4v) is 2.10. The van der Waals surface area contributed by atoms with Crippen LogP contribution in [0.1, 0.15) is 36.2 Å². The molecule has 1 aromatic carbocycles. The largest absolute Gasteiger partial charge is 0.393 e. The molecule has 0 unspecified atom stereocenters. The van der Waals surface area contributed by atoms with Gasteiger partial charge < -0.3 is 10.6 Å². The highest BCUT2D eigenvalue weighted by molar-refractivity contribution is 7.80. The molecule has 1 rings (SSSR count). The molecule has 0 aromatic heterocycles. The molecule has 0 aliphatic carbocycles. The lowest BCUT2D eigenvalue weighted by Gasteiger charge is -2.24. The van der Waals surface area contributed by atoms with Crippen LogP contribution in [0, 0.1) is 18.7 Å². The molecular weight excluding hydrogens is 275 g/mol. The first-order valence-corrected chi connectivity index (χ1v) is 7.05. The number of hydrogen-bond donors (Lipinski definition) is 1. The molecule has 0 heterocycles. The highest BCUT2D eigenvalue weighted by Crippen LogP contribution is 2.13. The van der Waals surface area contributed by atoms with Crippen LogP contribution in [-0.2, 0) is 0 Å². The SMILES string of the molecule is Cc1cc(F)cc(C(=O)N(CCC(N)=S)CC(C)C)c1. The lowest BCUT2D eigenvalue weighted by molar-refractivity contribution is 0.0740. The first kappa shape index (κ1) is 16.6. The van der Waals surface area contributed by atoms with E-state index in [9.17, 15) is 9.18 Å². The summed E-state index contributed by atoms with van der Waals surface area (Å²) < 4.78 is 13.4. The fourth-order valence-electron chi connectivity index (χ4n) is 2.00. The normalized spacial score (nSPS) is 10.7. The van der Waals surface area contributed by atoms with E-state index >= 15 is 0 Å². The Hall–Kier alpha value is -1.49. The fraction of sp³-hybridized carbons (Fsp3) is 0.467. The summed E-state index contributed by atoms with van der Waals surface area (Å²) in [6, 6.07) is 4.36. The first-order chi connectivity index (χ1) is 9.29. The van der Waals surface area contributed by atoms with Gasteiger partial charge in [-0.2, -0.15) is 0 Å². The number of nitrogens with two attached hydrogens (primary N) is 1. The first-order valence-electron chi connectivity index (χ1n) is 6.64. The molecule has 5 heteroatoms. The Bertz CT molecular complexity index is 482. The van der Waals surface area contributed by atoms with Gasteiger partial charge in [-0.05, 0) is 36.6 Å². The van der Waals surface area contributed by atoms with Crippen LogP contribution < -0.4 is 5.73 Å². The monoisotopic (exact) mass is 296 g/mol. The molecule has 0 aliphatic rings. The van der Waals surface area contributed by atoms with E-state index in [2.05, 4.69) is 0 Å². The van der Waals surface area contributed by atoms with E-state index in [0.29, 0.717) is 36.0 Å². The van der Waals surface area contributed by atoms with Gasteiger partial charge in [0.2, 0.25) is 0 Å². The van der Waals surface area contributed by atoms with Gasteiger partial charge in [0.15, 0.2) is 0 Å². The Morgan fingerprint density at radius 2 is 2.05 bits per heavy atom. The number of nitrogens with zero attached hydrogens (tertiary/aromatic N) is 1. The van der Waals surface area contributed by atoms with Crippen LogP contribution in [0.3, 0.4) is 0 Å². The van der Waals surface area contributed by atoms with Gasteiger partial charge in [-0.3, -0.25) is 4.79 Å². The third-order valence-corrected chi connectivity index (χ3v) is 2.99. The topological polar surface area (TPSA) is 46.3 Å². The molecule has 0 saturated heterocycles. The number of amides is 1. The van der Waals surface area contributed by atoms with Crippen LogP contribution >= 0.6 is 12.2 Å². The molecule has 0 spiro atoms. The number of rotatable bonds is 6. The predicted molar refractivity (Wildman–Crippen MR) is 83.3 cm³/mol. The smallest absolute Gasteiger partial charge is 0.253 e. The minimum absolute atomic E-state index is 0.183. The van der Waals surface area contributed by atoms with Crippen molar-refractivity contribution in [1.82, 2.24) is 4.90 Å². The van der Waals surface area contributed by atoms with Gasteiger partial charge in [0.25, 0.3) is 5.91 Å². The summed E-state index contributed by atoms with van der Waals surface area (Å²) in [4.78, 5) is 14.5. The summed E-state index contributed by atoms with van der Waals surface area (Å²) in [5, 5.41) is 0. The van der Waals surface area contributed by atoms with Crippen LogP contribution in [-0.4, -0.2) is 28.9 Å². The molecule has 2 N–H and O–H groups in total. The van der Waals surface area contributed by atoms with E-state index in [1.165, 1.54) is 12.1 Å². The highest BCUT2D eigenvalue weighted by atomic mass is 32.1. The second-order valence-corrected chi connectivity index (χ2v) is 5.90. The van der Waals surface area contributed by atoms with Crippen molar-refractivity contribution in [2.24, 2.45) is 11.7 Å². The number of benzene rings is 1. The lowest BCUT2D eigenvalue weighted by Crippen LogP contribution is -2.36. The van der Waals surface area contributed by atoms with Crippen LogP contribution in [0.25, 0.3) is 0 Å². The van der Waals surface area contributed by atoms with E-state index < -0.39 is 5.82 Å². The highest BCUT2D eigenvalue weighted by Gasteiger charge is 2.18. The van der Waals surface area contributed by atoms with Crippen molar-refractivity contribution in [2.45, 2.75) is 27.2 Å². The lowest BCUT2D eigenvalue weighted by atomic mass is 10.1. The third-order valence-electron chi connectivity index (χ3n) is 2.79. The summed E-state index contributed by atoms with van der Waals surface area (Å²) >= 11 is 4.85. The van der Waals surface area contributed by atoms with Crippen LogP contribution in [0.5, 0.6) is 0 Å². The third kappa shape index (κ3) is 5.25. The van der Waals surface area contributed by atoms with Gasteiger partial charge in [-0.1, -0.05) is 26.1 Å². The van der Waals surface area contributed by atoms with E-state index in [1.54, 1.807) is 17.9 Å². The standard InChI is InChI=1S/C15H21FN2OS/c1-10(2)9-18(5-4-14(17)20)15(19)12-6-11(3)7-13(16)8-12/h6-8,10H,4-5,9H2,1-3H3,(H2,17,20). The molecule has 0 saturated carbocycles. The Morgan fingerprint density at radius 1 is 1.40 bits per heavy atom. The molecule has 1 amide bonds. The zero-order valence-corrected chi connectivity index (χ0v) is 13.0. The average molecular weight is 296 g/mol. The van der Waals surface area contributed by atoms with E-state index in [0.717, 1.165) is 5.56 Å². The van der Waals surface area contributed by atoms with E-state index in [4.69, 9.17) is 18.0 Å². The molecule has 0 atom stereocenters. The molecule has 1 aromatic rings. The Labute approximate surface area is 125 Å². The maximum atomic E-state index is 13.4. The van der Waals surface area contributed by atoms with Crippen molar-refractivity contribution in [3.8, 4) is 0 Å². The summed E-state index contributed by atoms with van der Waals surface area (Å²) in [5.74, 6) is -0.260. The zero-order chi connectivity index (χ0) is 15.3. The number of carbonyl (C=O) groups excluding carboxylic acids is 1. The summed E-state index contributed by atoms with van der Waals surface area (Å²) in [6.07, 6.45) is 0.474. The van der Waals surface area contributed by atoms with Crippen LogP contribution in [0.15, 0.2) is 18.2 Å². The van der Waals surface area contributed by atoms with Crippen molar-refractivity contribution in [2.75, 3.05) is 13.1 Å². The van der Waals surface area contributed by atoms with Crippen molar-refractivity contribution in [3.63, 3.8) is 0 Å². The summed E-state index contributed by atoms with van der Waals surface area (Å²) in [5.41, 5.74) is 6.59. The van der Waals surface area contributed by atoms with E-state index in [-0.39, 0.29) is 5.91 Å². The Kier molecular flexibility index (Phi) is 6.07.